The summed E-state index contributed by atoms with van der Waals surface area (Å²) in [6, 6.07) is 11.5. The van der Waals surface area contributed by atoms with Gasteiger partial charge in [-0.25, -0.2) is 4.98 Å². The highest BCUT2D eigenvalue weighted by Gasteiger charge is 2.10. The molecule has 4 aromatic rings. The summed E-state index contributed by atoms with van der Waals surface area (Å²) in [6.07, 6.45) is 3.64. The first-order valence-corrected chi connectivity index (χ1v) is 12.2. The molecule has 0 aliphatic heterocycles. The van der Waals surface area contributed by atoms with E-state index in [2.05, 4.69) is 19.9 Å². The molecule has 0 fully saturated rings. The number of rotatable bonds is 15. The molecule has 0 amide bonds. The lowest BCUT2D eigenvalue weighted by atomic mass is 10.2. The van der Waals surface area contributed by atoms with Crippen molar-refractivity contribution in [3.8, 4) is 5.88 Å². The van der Waals surface area contributed by atoms with Crippen LogP contribution in [0.15, 0.2) is 48.8 Å². The normalized spacial score (nSPS) is 11.4. The molecule has 0 bridgehead atoms. The van der Waals surface area contributed by atoms with Gasteiger partial charge in [0.25, 0.3) is 0 Å². The lowest BCUT2D eigenvalue weighted by molar-refractivity contribution is 0.0115. The van der Waals surface area contributed by atoms with Crippen molar-refractivity contribution in [3.63, 3.8) is 0 Å². The smallest absolute Gasteiger partial charge is 0.215 e. The summed E-state index contributed by atoms with van der Waals surface area (Å²) < 4.78 is 35.7. The van der Waals surface area contributed by atoms with Gasteiger partial charge in [-0.1, -0.05) is 6.07 Å². The Hall–Kier alpha value is -2.99. The number of aryl methyl sites for hydroxylation is 1. The number of aromatic nitrogens is 4. The second kappa shape index (κ2) is 13.2. The number of nitrogens with one attached hydrogen (secondary N) is 1. The highest BCUT2D eigenvalue weighted by atomic mass is 32.2. The van der Waals surface area contributed by atoms with Crippen LogP contribution >= 0.6 is 12.1 Å². The minimum Gasteiger partial charge on any atom is -0.475 e. The van der Waals surface area contributed by atoms with Crippen LogP contribution in [0.25, 0.3) is 21.9 Å². The van der Waals surface area contributed by atoms with E-state index in [1.54, 1.807) is 12.3 Å². The van der Waals surface area contributed by atoms with E-state index < -0.39 is 0 Å². The molecule has 0 aliphatic rings. The first-order chi connectivity index (χ1) is 17.3. The molecule has 35 heavy (non-hydrogen) atoms. The lowest BCUT2D eigenvalue weighted by Crippen LogP contribution is -2.13. The zero-order valence-electron chi connectivity index (χ0n) is 19.5. The largest absolute Gasteiger partial charge is 0.475 e. The van der Waals surface area contributed by atoms with Gasteiger partial charge >= 0.3 is 0 Å². The Balaban J connectivity index is 1.20. The van der Waals surface area contributed by atoms with Crippen LogP contribution < -0.4 is 10.1 Å². The number of nitrogens with zero attached hydrogens (tertiary/aromatic N) is 4. The van der Waals surface area contributed by atoms with Gasteiger partial charge in [0.1, 0.15) is 23.9 Å². The standard InChI is InChI=1S/C24H28FN5O4S/c1-30-20-7-8-26-17-19(20)18-5-6-22(29-24(18)30)27-21-3-2-4-23(28-21)34-14-13-32-10-9-31-11-12-33-15-16-35-25/h2-8,17H,9-16H2,1H3,(H,27,28,29). The van der Waals surface area contributed by atoms with E-state index in [0.717, 1.165) is 21.9 Å². The summed E-state index contributed by atoms with van der Waals surface area (Å²) in [6.45, 7) is 3.00. The second-order valence-corrected chi connectivity index (χ2v) is 8.13. The summed E-state index contributed by atoms with van der Waals surface area (Å²) in [5, 5.41) is 5.37. The van der Waals surface area contributed by atoms with Crippen LogP contribution in [0, 0.1) is 0 Å². The fraction of sp³-hybridized carbons (Fsp3) is 0.375. The van der Waals surface area contributed by atoms with Crippen LogP contribution in [0.2, 0.25) is 0 Å². The Kier molecular flexibility index (Phi) is 9.47. The molecule has 4 heterocycles. The molecular weight excluding hydrogens is 473 g/mol. The van der Waals surface area contributed by atoms with Gasteiger partial charge in [0.2, 0.25) is 5.88 Å². The Bertz CT molecular complexity index is 1230. The van der Waals surface area contributed by atoms with Gasteiger partial charge in [-0.2, -0.15) is 8.87 Å². The molecule has 0 atom stereocenters. The molecule has 9 nitrogen and oxygen atoms in total. The summed E-state index contributed by atoms with van der Waals surface area (Å²) in [5.74, 6) is 2.16. The van der Waals surface area contributed by atoms with E-state index in [-0.39, 0.29) is 12.1 Å². The number of halogens is 1. The number of pyridine rings is 3. The minimum atomic E-state index is 0.271. The van der Waals surface area contributed by atoms with Crippen molar-refractivity contribution in [1.82, 2.24) is 19.5 Å². The molecule has 11 heteroatoms. The fourth-order valence-electron chi connectivity index (χ4n) is 3.52. The number of hydrogen-bond acceptors (Lipinski definition) is 9. The summed E-state index contributed by atoms with van der Waals surface area (Å²) >= 11 is 0.271. The molecule has 1 N–H and O–H groups in total. The van der Waals surface area contributed by atoms with Crippen molar-refractivity contribution in [2.75, 3.05) is 57.3 Å². The number of hydrogen-bond donors (Lipinski definition) is 1. The number of ether oxygens (including phenoxy) is 4. The van der Waals surface area contributed by atoms with Gasteiger partial charge in [-0.15, -0.1) is 0 Å². The van der Waals surface area contributed by atoms with Crippen molar-refractivity contribution >= 4 is 45.7 Å². The van der Waals surface area contributed by atoms with E-state index >= 15 is 0 Å². The van der Waals surface area contributed by atoms with Crippen LogP contribution in [0.3, 0.4) is 0 Å². The lowest BCUT2D eigenvalue weighted by Gasteiger charge is -2.09. The zero-order valence-corrected chi connectivity index (χ0v) is 20.3. The maximum Gasteiger partial charge on any atom is 0.215 e. The molecule has 0 unspecified atom stereocenters. The third-order valence-electron chi connectivity index (χ3n) is 5.15. The van der Waals surface area contributed by atoms with Crippen molar-refractivity contribution < 1.29 is 22.8 Å². The molecular formula is C24H28FN5O4S. The van der Waals surface area contributed by atoms with Gasteiger partial charge in [-0.3, -0.25) is 4.98 Å². The SMILES string of the molecule is Cn1c2ccncc2c2ccc(Nc3cccc(OCCOCCOCCOCCSF)n3)nc21. The molecule has 186 valence electrons. The van der Waals surface area contributed by atoms with Gasteiger partial charge in [0, 0.05) is 54.2 Å². The number of anilines is 2. The maximum absolute atomic E-state index is 11.8. The first-order valence-electron chi connectivity index (χ1n) is 11.3. The monoisotopic (exact) mass is 501 g/mol. The highest BCUT2D eigenvalue weighted by molar-refractivity contribution is 7.94. The third kappa shape index (κ3) is 7.01. The fourth-order valence-corrected chi connectivity index (χ4v) is 3.70. The van der Waals surface area contributed by atoms with Crippen LogP contribution in [0.4, 0.5) is 15.5 Å². The summed E-state index contributed by atoms with van der Waals surface area (Å²) in [5.41, 5.74) is 1.95. The zero-order chi connectivity index (χ0) is 24.3. The summed E-state index contributed by atoms with van der Waals surface area (Å²) in [7, 11) is 1.99. The highest BCUT2D eigenvalue weighted by Crippen LogP contribution is 2.27. The molecule has 0 saturated carbocycles. The van der Waals surface area contributed by atoms with Gasteiger partial charge in [0.05, 0.1) is 45.2 Å². The Morgan fingerprint density at radius 3 is 2.40 bits per heavy atom. The minimum absolute atomic E-state index is 0.271. The number of fused-ring (bicyclic) bond motifs is 3. The quantitative estimate of drug-likeness (QED) is 0.239. The molecule has 0 aromatic carbocycles. The topological polar surface area (TPSA) is 92.6 Å². The van der Waals surface area contributed by atoms with Crippen molar-refractivity contribution in [2.24, 2.45) is 7.05 Å². The van der Waals surface area contributed by atoms with Crippen LogP contribution in [-0.2, 0) is 21.3 Å². The molecule has 0 saturated heterocycles. The van der Waals surface area contributed by atoms with Crippen molar-refractivity contribution in [1.29, 1.82) is 0 Å². The van der Waals surface area contributed by atoms with Crippen LogP contribution in [0.5, 0.6) is 5.88 Å². The predicted molar refractivity (Wildman–Crippen MR) is 135 cm³/mol. The molecule has 4 aromatic heterocycles. The van der Waals surface area contributed by atoms with E-state index in [1.165, 1.54) is 0 Å². The van der Waals surface area contributed by atoms with Crippen molar-refractivity contribution in [2.45, 2.75) is 0 Å². The van der Waals surface area contributed by atoms with Crippen LogP contribution in [-0.4, -0.2) is 71.5 Å². The van der Waals surface area contributed by atoms with E-state index in [0.29, 0.717) is 69.5 Å². The van der Waals surface area contributed by atoms with Gasteiger partial charge in [0.15, 0.2) is 0 Å². The molecule has 0 spiro atoms. The third-order valence-corrected chi connectivity index (χ3v) is 5.47. The molecule has 0 aliphatic carbocycles. The van der Waals surface area contributed by atoms with E-state index in [9.17, 15) is 3.89 Å². The Labute approximate surface area is 207 Å². The first kappa shape index (κ1) is 25.1. The predicted octanol–water partition coefficient (Wildman–Crippen LogP) is 4.31. The summed E-state index contributed by atoms with van der Waals surface area (Å²) in [4.78, 5) is 13.5. The Morgan fingerprint density at radius 1 is 0.857 bits per heavy atom. The van der Waals surface area contributed by atoms with Crippen molar-refractivity contribution in [3.05, 3.63) is 48.8 Å². The van der Waals surface area contributed by atoms with E-state index in [4.69, 9.17) is 23.9 Å². The molecule has 4 rings (SSSR count). The van der Waals surface area contributed by atoms with Gasteiger partial charge in [-0.05, 0) is 24.3 Å². The van der Waals surface area contributed by atoms with Gasteiger partial charge < -0.3 is 28.8 Å². The molecule has 0 radical (unpaired) electrons. The average Bonchev–Trinajstić information content (AvgIpc) is 3.16. The van der Waals surface area contributed by atoms with E-state index in [1.807, 2.05) is 43.6 Å². The van der Waals surface area contributed by atoms with Crippen LogP contribution in [0.1, 0.15) is 0 Å². The Morgan fingerprint density at radius 2 is 1.60 bits per heavy atom. The second-order valence-electron chi connectivity index (χ2n) is 7.50. The average molecular weight is 502 g/mol. The maximum atomic E-state index is 11.8.